The first-order valence-corrected chi connectivity index (χ1v) is 11.8. The fraction of sp³-hybridized carbons (Fsp3) is 0.385. The van der Waals surface area contributed by atoms with Crippen molar-refractivity contribution in [3.05, 3.63) is 53.1 Å². The zero-order valence-corrected chi connectivity index (χ0v) is 20.1. The van der Waals surface area contributed by atoms with E-state index in [0.29, 0.717) is 35.6 Å². The zero-order chi connectivity index (χ0) is 25.1. The summed E-state index contributed by atoms with van der Waals surface area (Å²) in [7, 11) is 1.32. The van der Waals surface area contributed by atoms with E-state index in [4.69, 9.17) is 9.84 Å². The summed E-state index contributed by atoms with van der Waals surface area (Å²) >= 11 is 0. The first-order valence-electron chi connectivity index (χ1n) is 11.8. The van der Waals surface area contributed by atoms with Crippen molar-refractivity contribution >= 4 is 23.6 Å². The van der Waals surface area contributed by atoms with Gasteiger partial charge < -0.3 is 14.7 Å². The number of nitrogens with zero attached hydrogens (tertiary/aromatic N) is 4. The molecular formula is C26H29FN4O4. The summed E-state index contributed by atoms with van der Waals surface area (Å²) in [4.78, 5) is 30.7. The van der Waals surface area contributed by atoms with Crippen molar-refractivity contribution in [2.24, 2.45) is 0 Å². The van der Waals surface area contributed by atoms with Gasteiger partial charge in [-0.3, -0.25) is 4.79 Å². The molecule has 9 heteroatoms. The van der Waals surface area contributed by atoms with E-state index in [1.807, 2.05) is 11.8 Å². The number of hydrogen-bond acceptors (Lipinski definition) is 5. The van der Waals surface area contributed by atoms with Crippen molar-refractivity contribution in [1.29, 1.82) is 0 Å². The van der Waals surface area contributed by atoms with E-state index in [2.05, 4.69) is 17.0 Å². The number of fused-ring (bicyclic) bond motifs is 1. The fourth-order valence-electron chi connectivity index (χ4n) is 4.52. The first-order chi connectivity index (χ1) is 16.8. The summed E-state index contributed by atoms with van der Waals surface area (Å²) < 4.78 is 22.2. The Bertz CT molecular complexity index is 1300. The first kappa shape index (κ1) is 24.4. The van der Waals surface area contributed by atoms with Gasteiger partial charge in [0.1, 0.15) is 5.69 Å². The molecule has 0 saturated carbocycles. The monoisotopic (exact) mass is 480 g/mol. The lowest BCUT2D eigenvalue weighted by atomic mass is 10.1. The molecule has 1 aromatic carbocycles. The number of hydrogen-bond donors (Lipinski definition) is 1. The molecule has 1 fully saturated rings. The molecule has 8 nitrogen and oxygen atoms in total. The van der Waals surface area contributed by atoms with E-state index in [1.165, 1.54) is 19.3 Å². The molecule has 0 bridgehead atoms. The van der Waals surface area contributed by atoms with Crippen LogP contribution in [0.2, 0.25) is 0 Å². The third kappa shape index (κ3) is 4.89. The van der Waals surface area contributed by atoms with Crippen LogP contribution < -0.4 is 4.74 Å². The van der Waals surface area contributed by atoms with Gasteiger partial charge in [-0.1, -0.05) is 25.8 Å². The lowest BCUT2D eigenvalue weighted by molar-refractivity contribution is -0.131. The number of aryl methyl sites for hydroxylation is 1. The van der Waals surface area contributed by atoms with E-state index in [1.54, 1.807) is 22.7 Å². The molecule has 184 valence electrons. The third-order valence-electron chi connectivity index (χ3n) is 6.41. The summed E-state index contributed by atoms with van der Waals surface area (Å²) in [6, 6.07) is 6.67. The van der Waals surface area contributed by atoms with Crippen LogP contribution in [0.4, 0.5) is 4.39 Å². The number of benzene rings is 1. The Hall–Kier alpha value is -3.75. The highest BCUT2D eigenvalue weighted by atomic mass is 19.1. The van der Waals surface area contributed by atoms with Gasteiger partial charge in [0.25, 0.3) is 5.91 Å². The van der Waals surface area contributed by atoms with Crippen molar-refractivity contribution in [2.45, 2.75) is 52.0 Å². The number of aromatic nitrogens is 3. The average molecular weight is 481 g/mol. The number of carboxylic acid groups (broad SMARTS) is 1. The van der Waals surface area contributed by atoms with Crippen LogP contribution in [0.5, 0.6) is 5.75 Å². The Morgan fingerprint density at radius 3 is 2.77 bits per heavy atom. The molecule has 3 aromatic rings. The van der Waals surface area contributed by atoms with Gasteiger partial charge in [-0.2, -0.15) is 5.10 Å². The number of carbonyl (C=O) groups is 2. The van der Waals surface area contributed by atoms with Crippen molar-refractivity contribution < 1.29 is 23.8 Å². The van der Waals surface area contributed by atoms with Gasteiger partial charge in [-0.05, 0) is 44.4 Å². The minimum Gasteiger partial charge on any atom is -0.493 e. The van der Waals surface area contributed by atoms with E-state index >= 15 is 4.39 Å². The number of ether oxygens (including phenoxy) is 1. The second-order valence-corrected chi connectivity index (χ2v) is 8.70. The molecule has 4 rings (SSSR count). The van der Waals surface area contributed by atoms with Crippen LogP contribution in [0.3, 0.4) is 0 Å². The molecule has 1 amide bonds. The number of carboxylic acids is 1. The Labute approximate surface area is 203 Å². The summed E-state index contributed by atoms with van der Waals surface area (Å²) in [5, 5.41) is 13.4. The van der Waals surface area contributed by atoms with E-state index in [9.17, 15) is 9.59 Å². The predicted molar refractivity (Wildman–Crippen MR) is 130 cm³/mol. The van der Waals surface area contributed by atoms with Gasteiger partial charge in [0, 0.05) is 41.5 Å². The quantitative estimate of drug-likeness (QED) is 0.518. The minimum atomic E-state index is -1.14. The molecule has 2 aromatic heterocycles. The number of amides is 1. The van der Waals surface area contributed by atoms with Crippen LogP contribution in [-0.2, 0) is 11.2 Å². The Morgan fingerprint density at radius 2 is 2.06 bits per heavy atom. The summed E-state index contributed by atoms with van der Waals surface area (Å²) in [5.74, 6) is -1.97. The smallest absolute Gasteiger partial charge is 0.328 e. The highest BCUT2D eigenvalue weighted by molar-refractivity contribution is 5.93. The molecule has 1 aliphatic rings. The van der Waals surface area contributed by atoms with Crippen LogP contribution in [0, 0.1) is 5.82 Å². The van der Waals surface area contributed by atoms with Gasteiger partial charge in [-0.25, -0.2) is 18.7 Å². The van der Waals surface area contributed by atoms with Gasteiger partial charge >= 0.3 is 5.97 Å². The number of methoxy groups -OCH3 is 1. The SMILES string of the molecule is CCc1cc(C(=O)N2CCCCC[C@H]2C)nc2cc(-c3ccc(/C=C/C(=O)O)c(OC)c3F)nn12. The number of likely N-dealkylation sites (tertiary alicyclic amines) is 1. The molecular weight excluding hydrogens is 451 g/mol. The maximum atomic E-state index is 15.3. The molecule has 3 heterocycles. The lowest BCUT2D eigenvalue weighted by Gasteiger charge is -2.27. The highest BCUT2D eigenvalue weighted by Gasteiger charge is 2.25. The van der Waals surface area contributed by atoms with Crippen molar-refractivity contribution in [2.75, 3.05) is 13.7 Å². The van der Waals surface area contributed by atoms with E-state index < -0.39 is 11.8 Å². The Kier molecular flexibility index (Phi) is 7.14. The van der Waals surface area contributed by atoms with Crippen molar-refractivity contribution in [1.82, 2.24) is 19.5 Å². The second-order valence-electron chi connectivity index (χ2n) is 8.70. The summed E-state index contributed by atoms with van der Waals surface area (Å²) in [6.45, 7) is 4.75. The second kappa shape index (κ2) is 10.2. The van der Waals surface area contributed by atoms with Crippen LogP contribution in [0.25, 0.3) is 23.0 Å². The third-order valence-corrected chi connectivity index (χ3v) is 6.41. The number of rotatable bonds is 6. The number of carbonyl (C=O) groups excluding carboxylic acids is 1. The van der Waals surface area contributed by atoms with E-state index in [-0.39, 0.29) is 23.3 Å². The topological polar surface area (TPSA) is 97.0 Å². The Morgan fingerprint density at radius 1 is 1.26 bits per heavy atom. The molecule has 1 aliphatic heterocycles. The molecule has 0 radical (unpaired) electrons. The van der Waals surface area contributed by atoms with Gasteiger partial charge in [0.15, 0.2) is 17.2 Å². The molecule has 0 aliphatic carbocycles. The summed E-state index contributed by atoms with van der Waals surface area (Å²) in [6.07, 6.45) is 6.99. The molecule has 35 heavy (non-hydrogen) atoms. The molecule has 1 N–H and O–H groups in total. The normalized spacial score (nSPS) is 16.6. The standard InChI is InChI=1S/C26H29FN4O4/c1-4-18-14-21(26(34)30-13-7-5-6-8-16(30)2)28-22-15-20(29-31(18)22)19-11-9-17(10-12-23(32)33)25(35-3)24(19)27/h9-12,14-16H,4-8,13H2,1-3H3,(H,32,33)/b12-10+/t16-/m1/s1. The number of aliphatic carboxylic acids is 1. The molecule has 1 atom stereocenters. The van der Waals surface area contributed by atoms with Crippen molar-refractivity contribution in [3.63, 3.8) is 0 Å². The Balaban J connectivity index is 1.76. The maximum absolute atomic E-state index is 15.3. The average Bonchev–Trinajstić information content (AvgIpc) is 3.15. The minimum absolute atomic E-state index is 0.0771. The molecule has 0 unspecified atom stereocenters. The van der Waals surface area contributed by atoms with Gasteiger partial charge in [0.05, 0.1) is 12.8 Å². The van der Waals surface area contributed by atoms with Crippen LogP contribution >= 0.6 is 0 Å². The van der Waals surface area contributed by atoms with Crippen LogP contribution in [0.15, 0.2) is 30.3 Å². The largest absolute Gasteiger partial charge is 0.493 e. The summed E-state index contributed by atoms with van der Waals surface area (Å²) in [5.41, 5.74) is 2.44. The van der Waals surface area contributed by atoms with Gasteiger partial charge in [-0.15, -0.1) is 0 Å². The zero-order valence-electron chi connectivity index (χ0n) is 20.1. The maximum Gasteiger partial charge on any atom is 0.328 e. The lowest BCUT2D eigenvalue weighted by Crippen LogP contribution is -2.38. The molecule has 1 saturated heterocycles. The number of halogens is 1. The van der Waals surface area contributed by atoms with Crippen LogP contribution in [0.1, 0.15) is 61.3 Å². The van der Waals surface area contributed by atoms with E-state index in [0.717, 1.165) is 37.5 Å². The highest BCUT2D eigenvalue weighted by Crippen LogP contribution is 2.33. The fourth-order valence-corrected chi connectivity index (χ4v) is 4.52. The molecule has 0 spiro atoms. The predicted octanol–water partition coefficient (Wildman–Crippen LogP) is 4.61. The van der Waals surface area contributed by atoms with Gasteiger partial charge in [0.2, 0.25) is 0 Å². The van der Waals surface area contributed by atoms with Crippen molar-refractivity contribution in [3.8, 4) is 17.0 Å². The van der Waals surface area contributed by atoms with Crippen LogP contribution in [-0.4, -0.2) is 56.2 Å².